The van der Waals surface area contributed by atoms with Gasteiger partial charge in [0, 0.05) is 40.5 Å². The van der Waals surface area contributed by atoms with Gasteiger partial charge in [0.05, 0.1) is 13.3 Å². The predicted molar refractivity (Wildman–Crippen MR) is 107 cm³/mol. The minimum atomic E-state index is -2.81. The summed E-state index contributed by atoms with van der Waals surface area (Å²) in [6.45, 7) is 0. The Balaban J connectivity index is 2.14. The fourth-order valence-corrected chi connectivity index (χ4v) is 3.29. The summed E-state index contributed by atoms with van der Waals surface area (Å²) in [5, 5.41) is 9.88. The van der Waals surface area contributed by atoms with E-state index >= 15 is 0 Å². The van der Waals surface area contributed by atoms with Crippen LogP contribution in [0, 0.1) is 0 Å². The molecule has 2 aromatic heterocycles. The van der Waals surface area contributed by atoms with Crippen molar-refractivity contribution >= 4 is 17.6 Å². The van der Waals surface area contributed by atoms with Crippen LogP contribution in [-0.4, -0.2) is 27.7 Å². The summed E-state index contributed by atoms with van der Waals surface area (Å²) < 4.78 is 33.3. The van der Waals surface area contributed by atoms with Crippen LogP contribution >= 0.6 is 11.6 Å². The highest BCUT2D eigenvalue weighted by Gasteiger charge is 2.25. The van der Waals surface area contributed by atoms with Gasteiger partial charge < -0.3 is 9.84 Å². The highest BCUT2D eigenvalue weighted by atomic mass is 35.5. The number of nitrogens with zero attached hydrogens (tertiary/aromatic N) is 2. The van der Waals surface area contributed by atoms with E-state index in [9.17, 15) is 23.5 Å². The van der Waals surface area contributed by atoms with E-state index in [1.165, 1.54) is 37.7 Å². The molecule has 1 N–H and O–H groups in total. The first kappa shape index (κ1) is 21.4. The number of alkyl halides is 2. The standard InChI is InChI=1S/C21H17ClF2N2O4/c1-30-18-11-26(17(21(28)29)9-13-4-2-3-7-25-13)19(27)10-16(18)15-8-12(22)5-6-14(15)20(23)24/h2-8,10-11,17,20H,9H2,1H3,(H,28,29). The van der Waals surface area contributed by atoms with Gasteiger partial charge in [-0.05, 0) is 29.8 Å². The van der Waals surface area contributed by atoms with Crippen molar-refractivity contribution in [1.29, 1.82) is 0 Å². The Kier molecular flexibility index (Phi) is 6.47. The third-order valence-corrected chi connectivity index (χ3v) is 4.79. The van der Waals surface area contributed by atoms with Gasteiger partial charge in [-0.1, -0.05) is 23.7 Å². The molecule has 0 aliphatic heterocycles. The number of hydrogen-bond acceptors (Lipinski definition) is 4. The number of methoxy groups -OCH3 is 1. The van der Waals surface area contributed by atoms with Crippen LogP contribution in [0.1, 0.15) is 23.7 Å². The first-order valence-corrected chi connectivity index (χ1v) is 9.20. The van der Waals surface area contributed by atoms with Crippen LogP contribution in [0.4, 0.5) is 8.78 Å². The van der Waals surface area contributed by atoms with E-state index in [0.717, 1.165) is 10.6 Å². The van der Waals surface area contributed by atoms with E-state index in [4.69, 9.17) is 16.3 Å². The van der Waals surface area contributed by atoms with E-state index in [2.05, 4.69) is 4.98 Å². The fraction of sp³-hybridized carbons (Fsp3) is 0.190. The molecule has 0 fully saturated rings. The van der Waals surface area contributed by atoms with Crippen LogP contribution in [0.15, 0.2) is 59.7 Å². The third-order valence-electron chi connectivity index (χ3n) is 4.55. The van der Waals surface area contributed by atoms with Crippen molar-refractivity contribution in [2.24, 2.45) is 0 Å². The van der Waals surface area contributed by atoms with Gasteiger partial charge in [0.15, 0.2) is 0 Å². The summed E-state index contributed by atoms with van der Waals surface area (Å²) >= 11 is 5.97. The molecule has 30 heavy (non-hydrogen) atoms. The van der Waals surface area contributed by atoms with E-state index in [1.807, 2.05) is 0 Å². The zero-order valence-corrected chi connectivity index (χ0v) is 16.5. The highest BCUT2D eigenvalue weighted by molar-refractivity contribution is 6.30. The number of pyridine rings is 2. The second-order valence-corrected chi connectivity index (χ2v) is 6.85. The molecule has 0 saturated heterocycles. The van der Waals surface area contributed by atoms with Crippen LogP contribution in [0.3, 0.4) is 0 Å². The maximum absolute atomic E-state index is 13.5. The number of carboxylic acid groups (broad SMARTS) is 1. The Hall–Kier alpha value is -3.26. The average Bonchev–Trinajstić information content (AvgIpc) is 2.72. The van der Waals surface area contributed by atoms with E-state index in [0.29, 0.717) is 5.69 Å². The Morgan fingerprint density at radius 3 is 2.60 bits per heavy atom. The zero-order valence-electron chi connectivity index (χ0n) is 15.8. The minimum Gasteiger partial charge on any atom is -0.495 e. The molecule has 9 heteroatoms. The molecule has 0 radical (unpaired) electrons. The number of rotatable bonds is 7. The Bertz CT molecular complexity index is 1120. The van der Waals surface area contributed by atoms with Gasteiger partial charge >= 0.3 is 5.97 Å². The second-order valence-electron chi connectivity index (χ2n) is 6.41. The van der Waals surface area contributed by atoms with Crippen LogP contribution in [0.2, 0.25) is 5.02 Å². The number of benzene rings is 1. The molecule has 1 atom stereocenters. The summed E-state index contributed by atoms with van der Waals surface area (Å²) in [6, 6.07) is 8.67. The van der Waals surface area contributed by atoms with Crippen LogP contribution in [-0.2, 0) is 11.2 Å². The van der Waals surface area contributed by atoms with Gasteiger partial charge in [0.25, 0.3) is 12.0 Å². The number of hydrogen-bond donors (Lipinski definition) is 1. The molecule has 0 saturated carbocycles. The molecule has 0 bridgehead atoms. The number of ether oxygens (including phenoxy) is 1. The molecular formula is C21H17ClF2N2O4. The number of aliphatic carboxylic acids is 1. The SMILES string of the molecule is COc1cn(C(Cc2ccccn2)C(=O)O)c(=O)cc1-c1cc(Cl)ccc1C(F)F. The first-order chi connectivity index (χ1) is 14.3. The molecule has 6 nitrogen and oxygen atoms in total. The molecule has 0 aliphatic rings. The summed E-state index contributed by atoms with van der Waals surface area (Å²) in [7, 11) is 1.30. The largest absolute Gasteiger partial charge is 0.495 e. The van der Waals surface area contributed by atoms with Gasteiger partial charge in [-0.25, -0.2) is 13.6 Å². The molecule has 1 unspecified atom stereocenters. The van der Waals surface area contributed by atoms with Crippen molar-refractivity contribution in [2.45, 2.75) is 18.9 Å². The molecule has 1 aromatic carbocycles. The van der Waals surface area contributed by atoms with E-state index < -0.39 is 24.0 Å². The number of aromatic nitrogens is 2. The lowest BCUT2D eigenvalue weighted by atomic mass is 9.99. The van der Waals surface area contributed by atoms with Gasteiger partial charge in [0.2, 0.25) is 0 Å². The lowest BCUT2D eigenvalue weighted by molar-refractivity contribution is -0.141. The quantitative estimate of drug-likeness (QED) is 0.597. The lowest BCUT2D eigenvalue weighted by Crippen LogP contribution is -2.31. The fourth-order valence-electron chi connectivity index (χ4n) is 3.12. The third kappa shape index (κ3) is 4.49. The maximum Gasteiger partial charge on any atom is 0.327 e. The molecule has 2 heterocycles. The summed E-state index contributed by atoms with van der Waals surface area (Å²) in [6.07, 6.45) is -0.125. The number of halogens is 3. The number of carbonyl (C=O) groups is 1. The van der Waals surface area contributed by atoms with Gasteiger partial charge in [-0.15, -0.1) is 0 Å². The molecular weight excluding hydrogens is 418 g/mol. The molecule has 0 aliphatic carbocycles. The predicted octanol–water partition coefficient (Wildman–Crippen LogP) is 4.38. The van der Waals surface area contributed by atoms with Gasteiger partial charge in [-0.2, -0.15) is 0 Å². The monoisotopic (exact) mass is 434 g/mol. The van der Waals surface area contributed by atoms with Crippen molar-refractivity contribution in [3.05, 3.63) is 81.5 Å². The zero-order chi connectivity index (χ0) is 21.8. The Morgan fingerprint density at radius 2 is 2.00 bits per heavy atom. The van der Waals surface area contributed by atoms with Crippen LogP contribution in [0.5, 0.6) is 5.75 Å². The second kappa shape index (κ2) is 9.04. The Labute approximate surface area is 175 Å². The summed E-state index contributed by atoms with van der Waals surface area (Å²) in [5.74, 6) is -1.18. The van der Waals surface area contributed by atoms with E-state index in [1.54, 1.807) is 18.2 Å². The molecule has 3 rings (SSSR count). The van der Waals surface area contributed by atoms with Crippen molar-refractivity contribution in [2.75, 3.05) is 7.11 Å². The normalized spacial score (nSPS) is 12.0. The molecule has 3 aromatic rings. The van der Waals surface area contributed by atoms with Crippen LogP contribution in [0.25, 0.3) is 11.1 Å². The van der Waals surface area contributed by atoms with Crippen molar-refractivity contribution in [3.63, 3.8) is 0 Å². The minimum absolute atomic E-state index is 0.0372. The van der Waals surface area contributed by atoms with Gasteiger partial charge in [-0.3, -0.25) is 14.3 Å². The summed E-state index contributed by atoms with van der Waals surface area (Å²) in [4.78, 5) is 28.7. The van der Waals surface area contributed by atoms with Crippen molar-refractivity contribution in [1.82, 2.24) is 9.55 Å². The van der Waals surface area contributed by atoms with Gasteiger partial charge in [0.1, 0.15) is 11.8 Å². The average molecular weight is 435 g/mol. The van der Waals surface area contributed by atoms with E-state index in [-0.39, 0.29) is 33.9 Å². The summed E-state index contributed by atoms with van der Waals surface area (Å²) in [5.41, 5.74) is -0.393. The number of carboxylic acids is 1. The van der Waals surface area contributed by atoms with Crippen molar-refractivity contribution in [3.8, 4) is 16.9 Å². The highest BCUT2D eigenvalue weighted by Crippen LogP contribution is 2.37. The maximum atomic E-state index is 13.5. The molecule has 156 valence electrons. The van der Waals surface area contributed by atoms with Crippen molar-refractivity contribution < 1.29 is 23.4 Å². The topological polar surface area (TPSA) is 81.4 Å². The molecule has 0 amide bonds. The Morgan fingerprint density at radius 1 is 1.23 bits per heavy atom. The van der Waals surface area contributed by atoms with Crippen LogP contribution < -0.4 is 10.3 Å². The molecule has 0 spiro atoms. The smallest absolute Gasteiger partial charge is 0.327 e. The first-order valence-electron chi connectivity index (χ1n) is 8.82. The lowest BCUT2D eigenvalue weighted by Gasteiger charge is -2.19.